The molecular weight excluding hydrogens is 270 g/mol. The van der Waals surface area contributed by atoms with Gasteiger partial charge < -0.3 is 10.1 Å². The summed E-state index contributed by atoms with van der Waals surface area (Å²) < 4.78 is 5.76. The maximum atomic E-state index is 6.10. The van der Waals surface area contributed by atoms with E-state index in [1.165, 1.54) is 5.56 Å². The van der Waals surface area contributed by atoms with E-state index in [2.05, 4.69) is 24.4 Å². The quantitative estimate of drug-likeness (QED) is 0.865. The highest BCUT2D eigenvalue weighted by atomic mass is 35.5. The zero-order valence-corrected chi connectivity index (χ0v) is 12.7. The van der Waals surface area contributed by atoms with Crippen molar-refractivity contribution in [2.75, 3.05) is 7.05 Å². The zero-order valence-electron chi connectivity index (χ0n) is 11.9. The third-order valence-electron chi connectivity index (χ3n) is 3.31. The smallest absolute Gasteiger partial charge is 0.119 e. The van der Waals surface area contributed by atoms with E-state index in [0.29, 0.717) is 12.6 Å². The fourth-order valence-corrected chi connectivity index (χ4v) is 2.14. The Labute approximate surface area is 125 Å². The van der Waals surface area contributed by atoms with Crippen LogP contribution < -0.4 is 10.1 Å². The molecule has 2 aromatic rings. The van der Waals surface area contributed by atoms with Crippen molar-refractivity contribution in [1.29, 1.82) is 0 Å². The second-order valence-corrected chi connectivity index (χ2v) is 5.33. The third-order valence-corrected chi connectivity index (χ3v) is 3.68. The van der Waals surface area contributed by atoms with Gasteiger partial charge in [0.05, 0.1) is 0 Å². The first-order valence-corrected chi connectivity index (χ1v) is 7.19. The van der Waals surface area contributed by atoms with Crippen LogP contribution >= 0.6 is 11.6 Å². The van der Waals surface area contributed by atoms with Crippen LogP contribution in [-0.2, 0) is 13.0 Å². The predicted octanol–water partition coefficient (Wildman–Crippen LogP) is 4.07. The van der Waals surface area contributed by atoms with Gasteiger partial charge in [-0.15, -0.1) is 0 Å². The van der Waals surface area contributed by atoms with Crippen molar-refractivity contribution in [3.63, 3.8) is 0 Å². The van der Waals surface area contributed by atoms with E-state index >= 15 is 0 Å². The fraction of sp³-hybridized carbons (Fsp3) is 0.294. The first-order valence-electron chi connectivity index (χ1n) is 6.81. The van der Waals surface area contributed by atoms with Crippen LogP contribution in [0.25, 0.3) is 0 Å². The molecule has 1 unspecified atom stereocenters. The van der Waals surface area contributed by atoms with Crippen LogP contribution in [0.2, 0.25) is 5.02 Å². The highest BCUT2D eigenvalue weighted by Crippen LogP contribution is 2.19. The molecule has 0 saturated carbocycles. The molecule has 0 saturated heterocycles. The molecule has 2 rings (SSSR count). The zero-order chi connectivity index (χ0) is 14.4. The Morgan fingerprint density at radius 3 is 2.45 bits per heavy atom. The van der Waals surface area contributed by atoms with Gasteiger partial charge in [0.2, 0.25) is 0 Å². The standard InChI is InChI=1S/C17H20ClNO/c1-13(19-2)11-14-7-9-16(10-8-14)20-12-15-5-3-4-6-17(15)18/h3-10,13,19H,11-12H2,1-2H3. The molecule has 1 atom stereocenters. The predicted molar refractivity (Wildman–Crippen MR) is 84.5 cm³/mol. The van der Waals surface area contributed by atoms with Gasteiger partial charge in [-0.2, -0.15) is 0 Å². The van der Waals surface area contributed by atoms with E-state index in [1.54, 1.807) is 0 Å². The topological polar surface area (TPSA) is 21.3 Å². The number of ether oxygens (including phenoxy) is 1. The fourth-order valence-electron chi connectivity index (χ4n) is 1.95. The molecule has 106 valence electrons. The third kappa shape index (κ3) is 4.26. The Morgan fingerprint density at radius 2 is 1.80 bits per heavy atom. The molecule has 1 N–H and O–H groups in total. The van der Waals surface area contributed by atoms with Crippen LogP contribution in [0.3, 0.4) is 0 Å². The summed E-state index contributed by atoms with van der Waals surface area (Å²) >= 11 is 6.10. The Morgan fingerprint density at radius 1 is 1.10 bits per heavy atom. The van der Waals surface area contributed by atoms with Gasteiger partial charge in [0.25, 0.3) is 0 Å². The lowest BCUT2D eigenvalue weighted by atomic mass is 10.1. The Hall–Kier alpha value is -1.51. The van der Waals surface area contributed by atoms with Gasteiger partial charge in [-0.05, 0) is 44.2 Å². The SMILES string of the molecule is CNC(C)Cc1ccc(OCc2ccccc2Cl)cc1. The van der Waals surface area contributed by atoms with Crippen molar-refractivity contribution in [3.05, 3.63) is 64.7 Å². The molecule has 0 radical (unpaired) electrons. The van der Waals surface area contributed by atoms with Gasteiger partial charge in [0.15, 0.2) is 0 Å². The summed E-state index contributed by atoms with van der Waals surface area (Å²) in [5, 5.41) is 3.98. The van der Waals surface area contributed by atoms with E-state index in [-0.39, 0.29) is 0 Å². The van der Waals surface area contributed by atoms with Crippen molar-refractivity contribution >= 4 is 11.6 Å². The average Bonchev–Trinajstić information content (AvgIpc) is 2.48. The highest BCUT2D eigenvalue weighted by Gasteiger charge is 2.03. The molecular formula is C17H20ClNO. The first kappa shape index (κ1) is 14.9. The molecule has 0 amide bonds. The number of hydrogen-bond donors (Lipinski definition) is 1. The van der Waals surface area contributed by atoms with Gasteiger partial charge in [-0.1, -0.05) is 41.9 Å². The average molecular weight is 290 g/mol. The molecule has 0 spiro atoms. The van der Waals surface area contributed by atoms with E-state index in [0.717, 1.165) is 22.8 Å². The number of likely N-dealkylation sites (N-methyl/N-ethyl adjacent to an activating group) is 1. The van der Waals surface area contributed by atoms with E-state index in [1.807, 2.05) is 43.4 Å². The second-order valence-electron chi connectivity index (χ2n) is 4.92. The van der Waals surface area contributed by atoms with Crippen LogP contribution in [0.5, 0.6) is 5.75 Å². The maximum absolute atomic E-state index is 6.10. The monoisotopic (exact) mass is 289 g/mol. The summed E-state index contributed by atoms with van der Waals surface area (Å²) in [5.74, 6) is 0.866. The summed E-state index contributed by atoms with van der Waals surface area (Å²) in [5.41, 5.74) is 2.30. The van der Waals surface area contributed by atoms with Gasteiger partial charge in [0.1, 0.15) is 12.4 Å². The van der Waals surface area contributed by atoms with Crippen molar-refractivity contribution in [2.45, 2.75) is 26.0 Å². The first-order chi connectivity index (χ1) is 9.69. The molecule has 2 nitrogen and oxygen atoms in total. The summed E-state index contributed by atoms with van der Waals surface area (Å²) in [6, 6.07) is 16.4. The Bertz CT molecular complexity index is 539. The van der Waals surface area contributed by atoms with E-state index in [4.69, 9.17) is 16.3 Å². The Kier molecular flexibility index (Phi) is 5.45. The highest BCUT2D eigenvalue weighted by molar-refractivity contribution is 6.31. The molecule has 0 aliphatic heterocycles. The van der Waals surface area contributed by atoms with E-state index < -0.39 is 0 Å². The molecule has 3 heteroatoms. The van der Waals surface area contributed by atoms with Crippen molar-refractivity contribution in [2.24, 2.45) is 0 Å². The second kappa shape index (κ2) is 7.32. The van der Waals surface area contributed by atoms with Crippen molar-refractivity contribution in [3.8, 4) is 5.75 Å². The molecule has 0 heterocycles. The minimum absolute atomic E-state index is 0.477. The molecule has 0 bridgehead atoms. The molecule has 0 aliphatic rings. The summed E-state index contributed by atoms with van der Waals surface area (Å²) in [6.07, 6.45) is 1.02. The van der Waals surface area contributed by atoms with Crippen molar-refractivity contribution < 1.29 is 4.74 Å². The van der Waals surface area contributed by atoms with E-state index in [9.17, 15) is 0 Å². The number of hydrogen-bond acceptors (Lipinski definition) is 2. The van der Waals surface area contributed by atoms with Crippen LogP contribution in [0.1, 0.15) is 18.1 Å². The number of halogens is 1. The summed E-state index contributed by atoms with van der Waals surface area (Å²) in [6.45, 7) is 2.66. The lowest BCUT2D eigenvalue weighted by Crippen LogP contribution is -2.23. The van der Waals surface area contributed by atoms with Crippen LogP contribution in [0, 0.1) is 0 Å². The molecule has 0 aromatic heterocycles. The minimum atomic E-state index is 0.477. The largest absolute Gasteiger partial charge is 0.489 e. The summed E-state index contributed by atoms with van der Waals surface area (Å²) in [4.78, 5) is 0. The molecule has 2 aromatic carbocycles. The van der Waals surface area contributed by atoms with Gasteiger partial charge >= 0.3 is 0 Å². The van der Waals surface area contributed by atoms with Gasteiger partial charge in [-0.25, -0.2) is 0 Å². The van der Waals surface area contributed by atoms with Crippen LogP contribution in [0.15, 0.2) is 48.5 Å². The maximum Gasteiger partial charge on any atom is 0.119 e. The number of rotatable bonds is 6. The van der Waals surface area contributed by atoms with Gasteiger partial charge in [0, 0.05) is 16.6 Å². The van der Waals surface area contributed by atoms with Crippen molar-refractivity contribution in [1.82, 2.24) is 5.32 Å². The van der Waals surface area contributed by atoms with Crippen LogP contribution in [0.4, 0.5) is 0 Å². The van der Waals surface area contributed by atoms with Crippen LogP contribution in [-0.4, -0.2) is 13.1 Å². The molecule has 0 fully saturated rings. The lowest BCUT2D eigenvalue weighted by molar-refractivity contribution is 0.306. The van der Waals surface area contributed by atoms with Gasteiger partial charge in [-0.3, -0.25) is 0 Å². The normalized spacial score (nSPS) is 12.2. The molecule has 0 aliphatic carbocycles. The number of benzene rings is 2. The summed E-state index contributed by atoms with van der Waals surface area (Å²) in [7, 11) is 1.98. The number of nitrogens with one attached hydrogen (secondary N) is 1. The molecule has 20 heavy (non-hydrogen) atoms. The minimum Gasteiger partial charge on any atom is -0.489 e. The lowest BCUT2D eigenvalue weighted by Gasteiger charge is -2.11. The Balaban J connectivity index is 1.92.